The summed E-state index contributed by atoms with van der Waals surface area (Å²) in [6.07, 6.45) is 5.54. The van der Waals surface area contributed by atoms with E-state index in [9.17, 15) is 9.59 Å². The highest BCUT2D eigenvalue weighted by molar-refractivity contribution is 6.30. The van der Waals surface area contributed by atoms with Crippen molar-refractivity contribution < 1.29 is 14.3 Å². The van der Waals surface area contributed by atoms with E-state index >= 15 is 0 Å². The second-order valence-electron chi connectivity index (χ2n) is 7.21. The van der Waals surface area contributed by atoms with Crippen molar-refractivity contribution in [3.8, 4) is 0 Å². The third-order valence-electron chi connectivity index (χ3n) is 4.93. The van der Waals surface area contributed by atoms with E-state index in [1.54, 1.807) is 18.2 Å². The minimum absolute atomic E-state index is 0.202. The molecule has 1 atom stereocenters. The molecule has 1 saturated carbocycles. The molecule has 0 bridgehead atoms. The van der Waals surface area contributed by atoms with Gasteiger partial charge in [-0.3, -0.25) is 4.79 Å². The lowest BCUT2D eigenvalue weighted by Crippen LogP contribution is -2.30. The molecule has 3 rings (SSSR count). The Hall–Kier alpha value is -2.53. The summed E-state index contributed by atoms with van der Waals surface area (Å²) in [5, 5.41) is 3.44. The van der Waals surface area contributed by atoms with E-state index in [0.717, 1.165) is 16.8 Å². The quantitative estimate of drug-likeness (QED) is 0.548. The van der Waals surface area contributed by atoms with E-state index in [1.165, 1.54) is 24.6 Å². The fourth-order valence-electron chi connectivity index (χ4n) is 3.33. The van der Waals surface area contributed by atoms with Gasteiger partial charge in [-0.15, -0.1) is 0 Å². The number of rotatable bonds is 7. The molecule has 1 aliphatic carbocycles. The summed E-state index contributed by atoms with van der Waals surface area (Å²) < 4.78 is 7.37. The van der Waals surface area contributed by atoms with Crippen molar-refractivity contribution in [1.29, 1.82) is 0 Å². The molecule has 28 heavy (non-hydrogen) atoms. The lowest BCUT2D eigenvalue weighted by Gasteiger charge is -2.14. The molecule has 1 amide bonds. The number of nitrogens with one attached hydrogen (secondary N) is 1. The number of nitrogens with zero attached hydrogens (tertiary/aromatic N) is 1. The highest BCUT2D eigenvalue weighted by Gasteiger charge is 2.26. The Morgan fingerprint density at radius 2 is 1.96 bits per heavy atom. The largest absolute Gasteiger partial charge is 0.452 e. The highest BCUT2D eigenvalue weighted by Crippen LogP contribution is 2.38. The molecule has 2 aromatic rings. The molecule has 1 aromatic heterocycles. The number of hydrogen-bond acceptors (Lipinski definition) is 3. The van der Waals surface area contributed by atoms with Crippen molar-refractivity contribution >= 4 is 29.6 Å². The first-order chi connectivity index (χ1) is 13.3. The van der Waals surface area contributed by atoms with E-state index < -0.39 is 5.97 Å². The summed E-state index contributed by atoms with van der Waals surface area (Å²) in [7, 11) is 0. The van der Waals surface area contributed by atoms with Crippen molar-refractivity contribution in [2.24, 2.45) is 0 Å². The number of esters is 1. The van der Waals surface area contributed by atoms with Gasteiger partial charge >= 0.3 is 5.97 Å². The predicted molar refractivity (Wildman–Crippen MR) is 110 cm³/mol. The third kappa shape index (κ3) is 5.04. The summed E-state index contributed by atoms with van der Waals surface area (Å²) in [5.74, 6) is -0.887. The van der Waals surface area contributed by atoms with Gasteiger partial charge in [0.1, 0.15) is 0 Å². The van der Waals surface area contributed by atoms with Crippen LogP contribution < -0.4 is 5.32 Å². The van der Waals surface area contributed by atoms with Gasteiger partial charge in [0.05, 0.1) is 6.04 Å². The van der Waals surface area contributed by atoms with Gasteiger partial charge in [0.15, 0.2) is 6.61 Å². The standard InChI is InChI=1S/C22H25ClN2O3/c1-14-12-18(16(3)25(14)20-9-10-20)6-11-22(27)28-13-21(26)24-15(2)17-4-7-19(23)8-5-17/h4-8,11-12,15,20H,9-10,13H2,1-3H3,(H,24,26)/b11-6+/t15-/m0/s1. The molecule has 6 heteroatoms. The lowest BCUT2D eigenvalue weighted by atomic mass is 10.1. The van der Waals surface area contributed by atoms with Crippen molar-refractivity contribution in [3.05, 3.63) is 63.9 Å². The zero-order valence-electron chi connectivity index (χ0n) is 16.4. The van der Waals surface area contributed by atoms with Crippen LogP contribution in [0, 0.1) is 13.8 Å². The number of carbonyl (C=O) groups excluding carboxylic acids is 2. The van der Waals surface area contributed by atoms with Gasteiger partial charge in [-0.25, -0.2) is 4.79 Å². The van der Waals surface area contributed by atoms with Crippen LogP contribution in [-0.2, 0) is 14.3 Å². The Morgan fingerprint density at radius 3 is 2.61 bits per heavy atom. The van der Waals surface area contributed by atoms with E-state index in [2.05, 4.69) is 29.8 Å². The summed E-state index contributed by atoms with van der Waals surface area (Å²) in [6, 6.07) is 9.69. The van der Waals surface area contributed by atoms with Gasteiger partial charge in [0.25, 0.3) is 5.91 Å². The van der Waals surface area contributed by atoms with E-state index in [0.29, 0.717) is 11.1 Å². The van der Waals surface area contributed by atoms with Crippen molar-refractivity contribution in [3.63, 3.8) is 0 Å². The summed E-state index contributed by atoms with van der Waals surface area (Å²) in [6.45, 7) is 5.68. The molecular formula is C22H25ClN2O3. The number of hydrogen-bond donors (Lipinski definition) is 1. The van der Waals surface area contributed by atoms with Crippen molar-refractivity contribution in [2.75, 3.05) is 6.61 Å². The zero-order valence-corrected chi connectivity index (χ0v) is 17.1. The first-order valence-corrected chi connectivity index (χ1v) is 9.81. The Balaban J connectivity index is 1.48. The second kappa shape index (κ2) is 8.65. The average molecular weight is 401 g/mol. The normalized spacial score (nSPS) is 14.9. The molecule has 1 fully saturated rings. The number of ether oxygens (including phenoxy) is 1. The average Bonchev–Trinajstić information content (AvgIpc) is 3.44. The van der Waals surface area contributed by atoms with Crippen LogP contribution in [0.15, 0.2) is 36.4 Å². The maximum Gasteiger partial charge on any atom is 0.331 e. The van der Waals surface area contributed by atoms with Gasteiger partial charge in [0.2, 0.25) is 0 Å². The van der Waals surface area contributed by atoms with Crippen LogP contribution in [0.4, 0.5) is 0 Å². The molecule has 0 radical (unpaired) electrons. The molecule has 1 heterocycles. The topological polar surface area (TPSA) is 60.3 Å². The summed E-state index contributed by atoms with van der Waals surface area (Å²) >= 11 is 5.87. The van der Waals surface area contributed by atoms with Crippen molar-refractivity contribution in [2.45, 2.75) is 45.7 Å². The monoisotopic (exact) mass is 400 g/mol. The van der Waals surface area contributed by atoms with Crippen LogP contribution in [0.5, 0.6) is 0 Å². The first kappa shape index (κ1) is 20.2. The van der Waals surface area contributed by atoms with E-state index in [4.69, 9.17) is 16.3 Å². The molecule has 1 N–H and O–H groups in total. The number of amides is 1. The summed E-state index contributed by atoms with van der Waals surface area (Å²) in [4.78, 5) is 24.0. The molecule has 1 aliphatic rings. The maximum absolute atomic E-state index is 12.0. The minimum atomic E-state index is -0.537. The molecule has 148 valence electrons. The fraction of sp³-hybridized carbons (Fsp3) is 0.364. The van der Waals surface area contributed by atoms with Gasteiger partial charge in [0, 0.05) is 28.5 Å². The smallest absolute Gasteiger partial charge is 0.331 e. The van der Waals surface area contributed by atoms with Crippen LogP contribution >= 0.6 is 11.6 Å². The Kier molecular flexibility index (Phi) is 6.25. The molecule has 0 saturated heterocycles. The lowest BCUT2D eigenvalue weighted by molar-refractivity contribution is -0.144. The second-order valence-corrected chi connectivity index (χ2v) is 7.65. The Bertz CT molecular complexity index is 895. The van der Waals surface area contributed by atoms with Gasteiger partial charge < -0.3 is 14.6 Å². The maximum atomic E-state index is 12.0. The van der Waals surface area contributed by atoms with Crippen LogP contribution in [-0.4, -0.2) is 23.1 Å². The molecule has 0 unspecified atom stereocenters. The summed E-state index contributed by atoms with van der Waals surface area (Å²) in [5.41, 5.74) is 4.28. The van der Waals surface area contributed by atoms with E-state index in [1.807, 2.05) is 19.1 Å². The minimum Gasteiger partial charge on any atom is -0.452 e. The number of aromatic nitrogens is 1. The number of benzene rings is 1. The van der Waals surface area contributed by atoms with Crippen LogP contribution in [0.25, 0.3) is 6.08 Å². The number of carbonyl (C=O) groups is 2. The molecule has 5 nitrogen and oxygen atoms in total. The molecular weight excluding hydrogens is 376 g/mol. The zero-order chi connectivity index (χ0) is 20.3. The van der Waals surface area contributed by atoms with Crippen molar-refractivity contribution in [1.82, 2.24) is 9.88 Å². The Morgan fingerprint density at radius 1 is 1.29 bits per heavy atom. The highest BCUT2D eigenvalue weighted by atomic mass is 35.5. The molecule has 0 spiro atoms. The van der Waals surface area contributed by atoms with Crippen LogP contribution in [0.1, 0.15) is 54.4 Å². The first-order valence-electron chi connectivity index (χ1n) is 9.43. The van der Waals surface area contributed by atoms with E-state index in [-0.39, 0.29) is 18.6 Å². The van der Waals surface area contributed by atoms with Crippen LogP contribution in [0.2, 0.25) is 5.02 Å². The van der Waals surface area contributed by atoms with Crippen LogP contribution in [0.3, 0.4) is 0 Å². The van der Waals surface area contributed by atoms with Gasteiger partial charge in [-0.2, -0.15) is 0 Å². The fourth-order valence-corrected chi connectivity index (χ4v) is 3.45. The van der Waals surface area contributed by atoms with Gasteiger partial charge in [-0.1, -0.05) is 23.7 Å². The molecule has 1 aromatic carbocycles. The Labute approximate surface area is 170 Å². The van der Waals surface area contributed by atoms with Gasteiger partial charge in [-0.05, 0) is 69.0 Å². The third-order valence-corrected chi connectivity index (χ3v) is 5.18. The number of aryl methyl sites for hydroxylation is 1. The SMILES string of the molecule is Cc1cc(/C=C/C(=O)OCC(=O)N[C@@H](C)c2ccc(Cl)cc2)c(C)n1C1CC1. The number of halogens is 1. The predicted octanol–water partition coefficient (Wildman–Crippen LogP) is 4.53. The molecule has 0 aliphatic heterocycles.